The summed E-state index contributed by atoms with van der Waals surface area (Å²) >= 11 is 0. The van der Waals surface area contributed by atoms with Gasteiger partial charge in [-0.25, -0.2) is 0 Å². The molecule has 4 nitrogen and oxygen atoms in total. The van der Waals surface area contributed by atoms with Crippen molar-refractivity contribution in [2.24, 2.45) is 0 Å². The van der Waals surface area contributed by atoms with E-state index in [0.717, 1.165) is 22.5 Å². The molecule has 0 fully saturated rings. The van der Waals surface area contributed by atoms with Crippen LogP contribution in [0.25, 0.3) is 0 Å². The van der Waals surface area contributed by atoms with Gasteiger partial charge in [-0.2, -0.15) is 0 Å². The summed E-state index contributed by atoms with van der Waals surface area (Å²) in [4.78, 5) is 12.5. The van der Waals surface area contributed by atoms with Crippen LogP contribution >= 0.6 is 0 Å². The summed E-state index contributed by atoms with van der Waals surface area (Å²) in [6.45, 7) is 1.12. The van der Waals surface area contributed by atoms with E-state index in [1.165, 1.54) is 0 Å². The van der Waals surface area contributed by atoms with Crippen LogP contribution in [-0.2, 0) is 16.1 Å². The predicted octanol–water partition coefficient (Wildman–Crippen LogP) is 2.98. The van der Waals surface area contributed by atoms with Crippen molar-refractivity contribution in [1.82, 2.24) is 0 Å². The number of benzene rings is 2. The molecule has 3 rings (SSSR count). The van der Waals surface area contributed by atoms with E-state index in [1.807, 2.05) is 48.5 Å². The zero-order valence-corrected chi connectivity index (χ0v) is 11.9. The molecule has 1 heterocycles. The highest BCUT2D eigenvalue weighted by Gasteiger charge is 2.28. The van der Waals surface area contributed by atoms with Crippen LogP contribution in [0, 0.1) is 0 Å². The van der Waals surface area contributed by atoms with Gasteiger partial charge in [0, 0.05) is 30.6 Å². The van der Waals surface area contributed by atoms with Gasteiger partial charge in [0.25, 0.3) is 0 Å². The molecule has 0 radical (unpaired) electrons. The first kappa shape index (κ1) is 13.6. The first-order valence-corrected chi connectivity index (χ1v) is 7.00. The molecule has 1 amide bonds. The Labute approximate surface area is 124 Å². The number of hydrogen-bond donors (Lipinski definition) is 2. The number of nitrogens with one attached hydrogen (secondary N) is 2. The Bertz CT molecular complexity index is 655. The van der Waals surface area contributed by atoms with Gasteiger partial charge in [-0.15, -0.1) is 0 Å². The first-order valence-electron chi connectivity index (χ1n) is 7.00. The van der Waals surface area contributed by atoms with Gasteiger partial charge < -0.3 is 15.4 Å². The average Bonchev–Trinajstić information content (AvgIpc) is 2.93. The number of carbonyl (C=O) groups is 1. The molecule has 1 unspecified atom stereocenters. The highest BCUT2D eigenvalue weighted by Crippen LogP contribution is 2.32. The quantitative estimate of drug-likeness (QED) is 0.906. The Morgan fingerprint density at radius 2 is 2.00 bits per heavy atom. The minimum atomic E-state index is -0.156. The number of anilines is 2. The van der Waals surface area contributed by atoms with Crippen molar-refractivity contribution in [2.45, 2.75) is 12.5 Å². The Balaban J connectivity index is 1.79. The number of methoxy groups -OCH3 is 1. The van der Waals surface area contributed by atoms with E-state index in [1.54, 1.807) is 7.11 Å². The number of rotatable bonds is 4. The molecule has 0 aliphatic carbocycles. The van der Waals surface area contributed by atoms with Gasteiger partial charge in [-0.05, 0) is 17.7 Å². The first-order chi connectivity index (χ1) is 10.3. The molecule has 1 atom stereocenters. The fourth-order valence-corrected chi connectivity index (χ4v) is 2.66. The third kappa shape index (κ3) is 2.76. The summed E-state index contributed by atoms with van der Waals surface area (Å²) in [5.41, 5.74) is 3.89. The number of amides is 1. The van der Waals surface area contributed by atoms with Crippen LogP contribution in [0.2, 0.25) is 0 Å². The smallest absolute Gasteiger partial charge is 0.233 e. The second-order valence-corrected chi connectivity index (χ2v) is 5.10. The monoisotopic (exact) mass is 282 g/mol. The molecule has 0 bridgehead atoms. The third-order valence-corrected chi connectivity index (χ3v) is 3.72. The summed E-state index contributed by atoms with van der Waals surface area (Å²) < 4.78 is 5.17. The number of hydrogen-bond acceptors (Lipinski definition) is 3. The van der Waals surface area contributed by atoms with Gasteiger partial charge in [0.05, 0.1) is 12.5 Å². The second-order valence-electron chi connectivity index (χ2n) is 5.10. The molecule has 2 N–H and O–H groups in total. The van der Waals surface area contributed by atoms with Crippen molar-refractivity contribution in [3.8, 4) is 0 Å². The van der Waals surface area contributed by atoms with Gasteiger partial charge in [-0.1, -0.05) is 36.4 Å². The average molecular weight is 282 g/mol. The third-order valence-electron chi connectivity index (χ3n) is 3.72. The molecule has 108 valence electrons. The van der Waals surface area contributed by atoms with Crippen molar-refractivity contribution in [1.29, 1.82) is 0 Å². The van der Waals surface area contributed by atoms with Crippen molar-refractivity contribution in [3.05, 3.63) is 59.7 Å². The molecule has 4 heteroatoms. The van der Waals surface area contributed by atoms with Crippen LogP contribution in [0.5, 0.6) is 0 Å². The summed E-state index contributed by atoms with van der Waals surface area (Å²) in [6.07, 6.45) is 0. The fourth-order valence-electron chi connectivity index (χ4n) is 2.66. The molecular weight excluding hydrogens is 264 g/mol. The zero-order valence-electron chi connectivity index (χ0n) is 11.9. The lowest BCUT2D eigenvalue weighted by Crippen LogP contribution is -2.23. The fraction of sp³-hybridized carbons (Fsp3) is 0.235. The Morgan fingerprint density at radius 3 is 2.86 bits per heavy atom. The van der Waals surface area contributed by atoms with E-state index in [0.29, 0.717) is 13.2 Å². The summed E-state index contributed by atoms with van der Waals surface area (Å²) in [7, 11) is 1.65. The van der Waals surface area contributed by atoms with Gasteiger partial charge in [0.15, 0.2) is 0 Å². The lowest BCUT2D eigenvalue weighted by molar-refractivity contribution is -0.117. The van der Waals surface area contributed by atoms with E-state index in [4.69, 9.17) is 4.74 Å². The van der Waals surface area contributed by atoms with E-state index in [-0.39, 0.29) is 11.8 Å². The zero-order chi connectivity index (χ0) is 14.7. The lowest BCUT2D eigenvalue weighted by atomic mass is 10.0. The van der Waals surface area contributed by atoms with Gasteiger partial charge in [0.1, 0.15) is 0 Å². The van der Waals surface area contributed by atoms with Crippen molar-refractivity contribution in [3.63, 3.8) is 0 Å². The number of fused-ring (bicyclic) bond motifs is 1. The van der Waals surface area contributed by atoms with E-state index < -0.39 is 0 Å². The maximum atomic E-state index is 12.5. The van der Waals surface area contributed by atoms with Gasteiger partial charge in [0.2, 0.25) is 5.91 Å². The highest BCUT2D eigenvalue weighted by molar-refractivity contribution is 5.98. The molecule has 0 saturated heterocycles. The van der Waals surface area contributed by atoms with Crippen molar-refractivity contribution < 1.29 is 9.53 Å². The largest absolute Gasteiger partial charge is 0.384 e. The number of carbonyl (C=O) groups excluding carboxylic acids is 1. The molecular formula is C17H18N2O2. The predicted molar refractivity (Wildman–Crippen MR) is 83.5 cm³/mol. The van der Waals surface area contributed by atoms with Gasteiger partial charge >= 0.3 is 0 Å². The molecule has 0 saturated carbocycles. The van der Waals surface area contributed by atoms with Gasteiger partial charge in [-0.3, -0.25) is 4.79 Å². The van der Waals surface area contributed by atoms with E-state index in [2.05, 4.69) is 10.6 Å². The SMILES string of the molecule is COCc1ccccc1NC(=O)C1CNc2ccccc21. The molecule has 1 aliphatic heterocycles. The second kappa shape index (κ2) is 5.97. The topological polar surface area (TPSA) is 50.4 Å². The van der Waals surface area contributed by atoms with Crippen molar-refractivity contribution in [2.75, 3.05) is 24.3 Å². The Hall–Kier alpha value is -2.33. The molecule has 21 heavy (non-hydrogen) atoms. The highest BCUT2D eigenvalue weighted by atomic mass is 16.5. The van der Waals surface area contributed by atoms with Crippen LogP contribution in [-0.4, -0.2) is 19.6 Å². The minimum Gasteiger partial charge on any atom is -0.384 e. The minimum absolute atomic E-state index is 0.0102. The van der Waals surface area contributed by atoms with Crippen molar-refractivity contribution >= 4 is 17.3 Å². The lowest BCUT2D eigenvalue weighted by Gasteiger charge is -2.14. The maximum absolute atomic E-state index is 12.5. The Kier molecular flexibility index (Phi) is 3.88. The van der Waals surface area contributed by atoms with E-state index >= 15 is 0 Å². The van der Waals surface area contributed by atoms with Crippen LogP contribution in [0.3, 0.4) is 0 Å². The molecule has 2 aromatic rings. The van der Waals surface area contributed by atoms with E-state index in [9.17, 15) is 4.79 Å². The van der Waals surface area contributed by atoms with Crippen LogP contribution in [0.1, 0.15) is 17.0 Å². The van der Waals surface area contributed by atoms with Crippen LogP contribution < -0.4 is 10.6 Å². The van der Waals surface area contributed by atoms with Crippen LogP contribution in [0.15, 0.2) is 48.5 Å². The number of ether oxygens (including phenoxy) is 1. The molecule has 0 aromatic heterocycles. The standard InChI is InChI=1S/C17H18N2O2/c1-21-11-12-6-2-4-8-15(12)19-17(20)14-10-18-16-9-5-3-7-13(14)16/h2-9,14,18H,10-11H2,1H3,(H,19,20). The molecule has 1 aliphatic rings. The molecule has 2 aromatic carbocycles. The summed E-state index contributed by atoms with van der Waals surface area (Å²) in [6, 6.07) is 15.7. The maximum Gasteiger partial charge on any atom is 0.233 e. The summed E-state index contributed by atoms with van der Waals surface area (Å²) in [5.74, 6) is -0.146. The normalized spacial score (nSPS) is 16.1. The Morgan fingerprint density at radius 1 is 1.24 bits per heavy atom. The number of para-hydroxylation sites is 2. The summed E-state index contributed by atoms with van der Waals surface area (Å²) in [5, 5.41) is 6.29. The molecule has 0 spiro atoms. The van der Waals surface area contributed by atoms with Crippen LogP contribution in [0.4, 0.5) is 11.4 Å².